The number of aromatic nitrogens is 5. The number of rotatable bonds is 5. The number of para-hydroxylation sites is 5. The summed E-state index contributed by atoms with van der Waals surface area (Å²) in [4.78, 5) is 16.1. The summed E-state index contributed by atoms with van der Waals surface area (Å²) in [6, 6.07) is 65.5. The fraction of sp³-hybridized carbons (Fsp3) is 0. The Kier molecular flexibility index (Phi) is 6.83. The van der Waals surface area contributed by atoms with Crippen LogP contribution in [0, 0.1) is 0 Å². The Balaban J connectivity index is 1.22. The van der Waals surface area contributed by atoms with E-state index < -0.39 is 0 Å². The van der Waals surface area contributed by atoms with E-state index in [0.29, 0.717) is 17.6 Å². The lowest BCUT2D eigenvalue weighted by Crippen LogP contribution is -2.07. The first-order valence-electron chi connectivity index (χ1n) is 19.1. The summed E-state index contributed by atoms with van der Waals surface area (Å²) in [6.07, 6.45) is 0. The summed E-state index contributed by atoms with van der Waals surface area (Å²) < 4.78 is 11.2. The predicted octanol–water partition coefficient (Wildman–Crippen LogP) is 13.0. The van der Waals surface area contributed by atoms with Crippen LogP contribution in [0.1, 0.15) is 0 Å². The monoisotopic (exact) mass is 729 g/mol. The van der Waals surface area contributed by atoms with Crippen LogP contribution in [0.25, 0.3) is 111 Å². The maximum absolute atomic E-state index is 6.58. The van der Waals surface area contributed by atoms with Crippen LogP contribution in [-0.2, 0) is 0 Å². The van der Waals surface area contributed by atoms with Gasteiger partial charge in [0.15, 0.2) is 11.6 Å². The molecule has 0 saturated carbocycles. The number of benzene rings is 8. The second-order valence-corrected chi connectivity index (χ2v) is 14.4. The van der Waals surface area contributed by atoms with Crippen LogP contribution < -0.4 is 0 Å². The molecule has 0 unspecified atom stereocenters. The van der Waals surface area contributed by atoms with Gasteiger partial charge < -0.3 is 8.98 Å². The van der Waals surface area contributed by atoms with Gasteiger partial charge in [-0.15, -0.1) is 0 Å². The van der Waals surface area contributed by atoms with Crippen molar-refractivity contribution in [3.63, 3.8) is 0 Å². The van der Waals surface area contributed by atoms with E-state index in [1.807, 2.05) is 30.3 Å². The van der Waals surface area contributed by atoms with E-state index >= 15 is 0 Å². The molecule has 57 heavy (non-hydrogen) atoms. The van der Waals surface area contributed by atoms with Crippen molar-refractivity contribution >= 4 is 65.6 Å². The van der Waals surface area contributed by atoms with Crippen molar-refractivity contribution < 1.29 is 4.42 Å². The topological polar surface area (TPSA) is 61.7 Å². The quantitative estimate of drug-likeness (QED) is 0.177. The fourth-order valence-corrected chi connectivity index (χ4v) is 8.66. The number of furan rings is 1. The number of fused-ring (bicyclic) bond motifs is 10. The fourth-order valence-electron chi connectivity index (χ4n) is 8.66. The number of nitrogens with zero attached hydrogens (tertiary/aromatic N) is 5. The molecule has 0 N–H and O–H groups in total. The second-order valence-electron chi connectivity index (χ2n) is 14.4. The van der Waals surface area contributed by atoms with Crippen molar-refractivity contribution in [2.75, 3.05) is 0 Å². The van der Waals surface area contributed by atoms with Crippen molar-refractivity contribution in [1.29, 1.82) is 0 Å². The zero-order chi connectivity index (χ0) is 37.5. The molecule has 4 aromatic heterocycles. The Morgan fingerprint density at radius 2 is 0.930 bits per heavy atom. The molecule has 0 aliphatic heterocycles. The van der Waals surface area contributed by atoms with Gasteiger partial charge in [0.05, 0.1) is 27.6 Å². The first-order valence-corrected chi connectivity index (χ1v) is 19.1. The van der Waals surface area contributed by atoms with Crippen molar-refractivity contribution in [2.45, 2.75) is 0 Å². The maximum Gasteiger partial charge on any atom is 0.238 e. The van der Waals surface area contributed by atoms with Crippen LogP contribution in [0.3, 0.4) is 0 Å². The molecule has 0 fully saturated rings. The van der Waals surface area contributed by atoms with Crippen LogP contribution in [0.5, 0.6) is 0 Å². The Morgan fingerprint density at radius 3 is 1.70 bits per heavy atom. The molecule has 0 saturated heterocycles. The summed E-state index contributed by atoms with van der Waals surface area (Å²) in [5.41, 5.74) is 10.8. The molecule has 6 heteroatoms. The van der Waals surface area contributed by atoms with E-state index in [9.17, 15) is 0 Å². The lowest BCUT2D eigenvalue weighted by molar-refractivity contribution is 0.669. The molecule has 0 amide bonds. The average Bonchev–Trinajstić information content (AvgIpc) is 3.95. The molecule has 266 valence electrons. The third-order valence-corrected chi connectivity index (χ3v) is 11.2. The van der Waals surface area contributed by atoms with Crippen LogP contribution in [-0.4, -0.2) is 24.1 Å². The van der Waals surface area contributed by atoms with Crippen molar-refractivity contribution in [2.24, 2.45) is 0 Å². The van der Waals surface area contributed by atoms with Crippen molar-refractivity contribution in [1.82, 2.24) is 24.1 Å². The lowest BCUT2D eigenvalue weighted by Gasteiger charge is -2.13. The highest BCUT2D eigenvalue weighted by molar-refractivity contribution is 6.23. The van der Waals surface area contributed by atoms with Crippen LogP contribution >= 0.6 is 0 Å². The van der Waals surface area contributed by atoms with Gasteiger partial charge in [-0.1, -0.05) is 146 Å². The van der Waals surface area contributed by atoms with Crippen molar-refractivity contribution in [3.8, 4) is 45.5 Å². The summed E-state index contributed by atoms with van der Waals surface area (Å²) >= 11 is 0. The Bertz CT molecular complexity index is 3520. The first kappa shape index (κ1) is 31.5. The Labute approximate surface area is 326 Å². The van der Waals surface area contributed by atoms with E-state index in [0.717, 1.165) is 88.1 Å². The lowest BCUT2D eigenvalue weighted by atomic mass is 10.0. The summed E-state index contributed by atoms with van der Waals surface area (Å²) in [7, 11) is 0. The Hall–Kier alpha value is -7.83. The molecule has 0 radical (unpaired) electrons. The van der Waals surface area contributed by atoms with Crippen molar-refractivity contribution in [3.05, 3.63) is 188 Å². The van der Waals surface area contributed by atoms with E-state index in [4.69, 9.17) is 19.4 Å². The van der Waals surface area contributed by atoms with Crippen LogP contribution in [0.2, 0.25) is 0 Å². The van der Waals surface area contributed by atoms with Gasteiger partial charge in [0, 0.05) is 43.6 Å². The minimum Gasteiger partial charge on any atom is -0.455 e. The van der Waals surface area contributed by atoms with Gasteiger partial charge in [0.25, 0.3) is 0 Å². The third-order valence-electron chi connectivity index (χ3n) is 11.2. The minimum atomic E-state index is 0.525. The molecule has 8 aromatic carbocycles. The highest BCUT2D eigenvalue weighted by Crippen LogP contribution is 2.42. The molecule has 12 aromatic rings. The standard InChI is InChI=1S/C51H31N5O/c1-3-15-32(16-4-1)33-17-13-18-34(31-33)49-52-50(42-25-14-24-41-38-23-9-12-28-45(38)57-48(41)42)54-51(53-49)56-44-27-11-8-22-37(44)40-30-29-39-36-21-7-10-26-43(36)55(46(39)47(40)56)35-19-5-2-6-20-35/h1-31H. The van der Waals surface area contributed by atoms with Crippen LogP contribution in [0.4, 0.5) is 0 Å². The van der Waals surface area contributed by atoms with Gasteiger partial charge in [-0.3, -0.25) is 4.57 Å². The van der Waals surface area contributed by atoms with Gasteiger partial charge >= 0.3 is 0 Å². The first-order chi connectivity index (χ1) is 28.3. The smallest absolute Gasteiger partial charge is 0.238 e. The zero-order valence-corrected chi connectivity index (χ0v) is 30.5. The SMILES string of the molecule is c1ccc(-c2cccc(-c3nc(-c4cccc5c4oc4ccccc45)nc(-n4c5ccccc5c5ccc6c7ccccc7n(-c7ccccc7)c6c54)n3)c2)cc1. The molecule has 0 aliphatic rings. The van der Waals surface area contributed by atoms with Gasteiger partial charge in [0.1, 0.15) is 11.2 Å². The molecular weight excluding hydrogens is 699 g/mol. The molecule has 0 aliphatic carbocycles. The average molecular weight is 730 g/mol. The van der Waals surface area contributed by atoms with Gasteiger partial charge in [0.2, 0.25) is 5.95 Å². The summed E-state index contributed by atoms with van der Waals surface area (Å²) in [5, 5.41) is 6.64. The Morgan fingerprint density at radius 1 is 0.368 bits per heavy atom. The molecule has 6 nitrogen and oxygen atoms in total. The number of hydrogen-bond acceptors (Lipinski definition) is 4. The summed E-state index contributed by atoms with van der Waals surface area (Å²) in [5.74, 6) is 1.63. The molecule has 0 atom stereocenters. The molecule has 4 heterocycles. The molecular formula is C51H31N5O. The van der Waals surface area contributed by atoms with E-state index in [1.165, 1.54) is 5.39 Å². The summed E-state index contributed by atoms with van der Waals surface area (Å²) in [6.45, 7) is 0. The highest BCUT2D eigenvalue weighted by atomic mass is 16.3. The van der Waals surface area contributed by atoms with E-state index in [-0.39, 0.29) is 0 Å². The van der Waals surface area contributed by atoms with E-state index in [1.54, 1.807) is 0 Å². The largest absolute Gasteiger partial charge is 0.455 e. The highest BCUT2D eigenvalue weighted by Gasteiger charge is 2.24. The maximum atomic E-state index is 6.58. The molecule has 12 rings (SSSR count). The van der Waals surface area contributed by atoms with Crippen LogP contribution in [0.15, 0.2) is 192 Å². The molecule has 0 spiro atoms. The zero-order valence-electron chi connectivity index (χ0n) is 30.5. The van der Waals surface area contributed by atoms with Gasteiger partial charge in [-0.25, -0.2) is 4.98 Å². The molecule has 0 bridgehead atoms. The van der Waals surface area contributed by atoms with Gasteiger partial charge in [-0.2, -0.15) is 9.97 Å². The minimum absolute atomic E-state index is 0.525. The van der Waals surface area contributed by atoms with Gasteiger partial charge in [-0.05, 0) is 53.6 Å². The normalized spacial score (nSPS) is 11.9. The predicted molar refractivity (Wildman–Crippen MR) is 232 cm³/mol. The third kappa shape index (κ3) is 4.81. The van der Waals surface area contributed by atoms with E-state index in [2.05, 4.69) is 167 Å². The second kappa shape index (κ2) is 12.3. The number of hydrogen-bond donors (Lipinski definition) is 0.